The van der Waals surface area contributed by atoms with Gasteiger partial charge in [-0.1, -0.05) is 89.3 Å². The Labute approximate surface area is 315 Å². The first-order valence-electron chi connectivity index (χ1n) is 17.2. The molecule has 0 unspecified atom stereocenters. The number of halogens is 3. The van der Waals surface area contributed by atoms with Gasteiger partial charge in [0.05, 0.1) is 17.5 Å². The molecular weight excluding hydrogens is 810 g/mol. The van der Waals surface area contributed by atoms with Crippen molar-refractivity contribution >= 4 is 76.3 Å². The van der Waals surface area contributed by atoms with E-state index in [0.29, 0.717) is 17.8 Å². The van der Waals surface area contributed by atoms with Gasteiger partial charge in [0, 0.05) is 51.1 Å². The predicted molar refractivity (Wildman–Crippen MR) is 211 cm³/mol. The van der Waals surface area contributed by atoms with Gasteiger partial charge in [-0.3, -0.25) is 0 Å². The van der Waals surface area contributed by atoms with Crippen molar-refractivity contribution in [1.29, 1.82) is 0 Å². The highest BCUT2D eigenvalue weighted by Crippen LogP contribution is 2.43. The molecule has 1 aromatic heterocycles. The largest absolute Gasteiger partial charge is 0.439 e. The fourth-order valence-electron chi connectivity index (χ4n) is 5.95. The molecule has 3 aromatic carbocycles. The Hall–Kier alpha value is -3.01. The number of ether oxygens (including phenoxy) is 2. The Morgan fingerprint density at radius 3 is 1.67 bits per heavy atom. The van der Waals surface area contributed by atoms with Crippen LogP contribution in [0.15, 0.2) is 102 Å². The van der Waals surface area contributed by atoms with Crippen molar-refractivity contribution in [3.8, 4) is 11.5 Å². The number of anilines is 2. The van der Waals surface area contributed by atoms with Gasteiger partial charge < -0.3 is 23.7 Å². The number of oxazole rings is 1. The average molecular weight is 856 g/mol. The van der Waals surface area contributed by atoms with Crippen LogP contribution < -0.4 is 23.8 Å². The number of fused-ring (bicyclic) bond motifs is 3. The monoisotopic (exact) mass is 852 g/mol. The molecule has 0 bridgehead atoms. The molecule has 2 aliphatic rings. The Balaban J connectivity index is 1.52. The smallest absolute Gasteiger partial charge is 0.374 e. The van der Waals surface area contributed by atoms with Crippen LogP contribution in [-0.2, 0) is 6.54 Å². The molecular formula is C40H45Br3N3O3+. The summed E-state index contributed by atoms with van der Waals surface area (Å²) in [5.41, 5.74) is 4.92. The lowest BCUT2D eigenvalue weighted by Gasteiger charge is -2.21. The minimum atomic E-state index is 0.545. The minimum Gasteiger partial charge on any atom is -0.439 e. The van der Waals surface area contributed by atoms with Crippen molar-refractivity contribution in [1.82, 2.24) is 0 Å². The third-order valence-corrected chi connectivity index (χ3v) is 10.2. The zero-order chi connectivity index (χ0) is 34.8. The molecule has 0 saturated heterocycles. The Morgan fingerprint density at radius 1 is 0.673 bits per heavy atom. The third kappa shape index (κ3) is 8.49. The van der Waals surface area contributed by atoms with Gasteiger partial charge in [-0.05, 0) is 84.7 Å². The van der Waals surface area contributed by atoms with E-state index in [1.807, 2.05) is 36.4 Å². The standard InChI is InChI=1S/C40H45Br3N3O3/c1-25(2)13-16-44-32-22-29(41)7-10-35(32)47-38(44)19-28(20-39-45(17-14-26(3)4)33-23-30(42)8-11-36(33)48-39)21-40-46(18-15-27(5)6)34-24-31(43)9-12-37(34)49-40/h7-12,19-27H,13-18H2,1-6H3/q+1. The van der Waals surface area contributed by atoms with Gasteiger partial charge >= 0.3 is 5.89 Å². The Kier molecular flexibility index (Phi) is 11.3. The van der Waals surface area contributed by atoms with Crippen LogP contribution >= 0.6 is 47.8 Å². The van der Waals surface area contributed by atoms with Gasteiger partial charge in [0.25, 0.3) is 5.52 Å². The number of rotatable bonds is 12. The molecule has 2 aliphatic heterocycles. The Morgan fingerprint density at radius 2 is 1.16 bits per heavy atom. The van der Waals surface area contributed by atoms with Crippen LogP contribution in [-0.4, -0.2) is 13.1 Å². The lowest BCUT2D eigenvalue weighted by molar-refractivity contribution is -0.679. The number of aromatic nitrogens is 1. The molecule has 258 valence electrons. The second kappa shape index (κ2) is 15.5. The molecule has 49 heavy (non-hydrogen) atoms. The lowest BCUT2D eigenvalue weighted by Crippen LogP contribution is -2.36. The van der Waals surface area contributed by atoms with Crippen LogP contribution in [0.1, 0.15) is 66.7 Å². The Bertz CT molecular complexity index is 1840. The number of nitrogens with zero attached hydrogens (tertiary/aromatic N) is 3. The molecule has 0 saturated carbocycles. The molecule has 0 fully saturated rings. The summed E-state index contributed by atoms with van der Waals surface area (Å²) in [4.78, 5) is 4.57. The van der Waals surface area contributed by atoms with Gasteiger partial charge in [0.15, 0.2) is 18.0 Å². The zero-order valence-electron chi connectivity index (χ0n) is 29.1. The van der Waals surface area contributed by atoms with E-state index in [9.17, 15) is 0 Å². The highest BCUT2D eigenvalue weighted by Gasteiger charge is 2.30. The normalized spacial score (nSPS) is 16.1. The molecule has 6 rings (SSSR count). The summed E-state index contributed by atoms with van der Waals surface area (Å²) in [6.07, 6.45) is 9.45. The second-order valence-corrected chi connectivity index (χ2v) is 16.8. The summed E-state index contributed by atoms with van der Waals surface area (Å²) in [6.45, 7) is 16.0. The first-order valence-corrected chi connectivity index (χ1v) is 19.6. The molecule has 6 nitrogen and oxygen atoms in total. The molecule has 3 heterocycles. The van der Waals surface area contributed by atoms with E-state index in [2.05, 4.69) is 140 Å². The van der Waals surface area contributed by atoms with Crippen molar-refractivity contribution < 1.29 is 18.5 Å². The van der Waals surface area contributed by atoms with Crippen LogP contribution in [0.25, 0.3) is 17.2 Å². The first kappa shape index (κ1) is 35.8. The maximum Gasteiger partial charge on any atom is 0.374 e. The third-order valence-electron chi connectivity index (χ3n) is 8.74. The van der Waals surface area contributed by atoms with Crippen molar-refractivity contribution in [2.75, 3.05) is 22.9 Å². The predicted octanol–water partition coefficient (Wildman–Crippen LogP) is 12.0. The van der Waals surface area contributed by atoms with Gasteiger partial charge in [0.1, 0.15) is 0 Å². The minimum absolute atomic E-state index is 0.545. The van der Waals surface area contributed by atoms with E-state index in [4.69, 9.17) is 13.9 Å². The average Bonchev–Trinajstić information content (AvgIpc) is 3.67. The molecule has 0 spiro atoms. The van der Waals surface area contributed by atoms with E-state index in [0.717, 1.165) is 110 Å². The van der Waals surface area contributed by atoms with E-state index >= 15 is 0 Å². The molecule has 9 heteroatoms. The zero-order valence-corrected chi connectivity index (χ0v) is 33.9. The summed E-state index contributed by atoms with van der Waals surface area (Å²) in [5, 5.41) is 0. The van der Waals surface area contributed by atoms with Crippen molar-refractivity contribution in [2.45, 2.75) is 67.3 Å². The van der Waals surface area contributed by atoms with E-state index in [1.165, 1.54) is 0 Å². The maximum atomic E-state index is 6.60. The number of aryl methyl sites for hydroxylation is 1. The lowest BCUT2D eigenvalue weighted by atomic mass is 10.1. The highest BCUT2D eigenvalue weighted by atomic mass is 79.9. The van der Waals surface area contributed by atoms with Crippen LogP contribution in [0, 0.1) is 17.8 Å². The van der Waals surface area contributed by atoms with Crippen LogP contribution in [0.4, 0.5) is 11.4 Å². The van der Waals surface area contributed by atoms with E-state index in [-0.39, 0.29) is 0 Å². The topological polar surface area (TPSA) is 42.0 Å². The number of allylic oxidation sites excluding steroid dienone is 3. The summed E-state index contributed by atoms with van der Waals surface area (Å²) in [6, 6.07) is 18.6. The fourth-order valence-corrected chi connectivity index (χ4v) is 7.00. The molecule has 0 N–H and O–H groups in total. The van der Waals surface area contributed by atoms with Crippen molar-refractivity contribution in [3.63, 3.8) is 0 Å². The van der Waals surface area contributed by atoms with E-state index < -0.39 is 0 Å². The van der Waals surface area contributed by atoms with Crippen molar-refractivity contribution in [3.05, 3.63) is 103 Å². The number of benzene rings is 3. The van der Waals surface area contributed by atoms with Crippen LogP contribution in [0.2, 0.25) is 0 Å². The van der Waals surface area contributed by atoms with Crippen LogP contribution in [0.5, 0.6) is 11.5 Å². The van der Waals surface area contributed by atoms with Gasteiger partial charge in [-0.25, -0.2) is 0 Å². The van der Waals surface area contributed by atoms with Crippen LogP contribution in [0.3, 0.4) is 0 Å². The quantitative estimate of drug-likeness (QED) is 0.133. The van der Waals surface area contributed by atoms with Gasteiger partial charge in [-0.2, -0.15) is 4.57 Å². The fraction of sp³-hybridized carbons (Fsp3) is 0.375. The van der Waals surface area contributed by atoms with E-state index in [1.54, 1.807) is 0 Å². The summed E-state index contributed by atoms with van der Waals surface area (Å²) >= 11 is 11.1. The molecule has 0 amide bonds. The highest BCUT2D eigenvalue weighted by molar-refractivity contribution is 9.11. The molecule has 0 radical (unpaired) electrons. The number of hydrogen-bond acceptors (Lipinski definition) is 5. The molecule has 0 atom stereocenters. The summed E-state index contributed by atoms with van der Waals surface area (Å²) in [7, 11) is 0. The van der Waals surface area contributed by atoms with Gasteiger partial charge in [0.2, 0.25) is 17.3 Å². The maximum absolute atomic E-state index is 6.60. The number of hydrogen-bond donors (Lipinski definition) is 0. The van der Waals surface area contributed by atoms with Gasteiger partial charge in [-0.15, -0.1) is 0 Å². The van der Waals surface area contributed by atoms with Crippen molar-refractivity contribution in [2.24, 2.45) is 17.8 Å². The summed E-state index contributed by atoms with van der Waals surface area (Å²) in [5.74, 6) is 5.65. The molecule has 0 aliphatic carbocycles. The first-order chi connectivity index (χ1) is 23.4. The molecule has 4 aromatic rings. The second-order valence-electron chi connectivity index (χ2n) is 14.1. The SMILES string of the molecule is CC(C)CCN1C(=CC(=Cc2oc3ccc(Br)cc3[n+]2CCC(C)C)/C=C2/Oc3ccc(Br)cc3N2CCC(C)C)Oc2ccc(Br)cc21. The summed E-state index contributed by atoms with van der Waals surface area (Å²) < 4.78 is 25.1.